The number of amides is 1. The van der Waals surface area contributed by atoms with Gasteiger partial charge in [0.25, 0.3) is 5.91 Å². The van der Waals surface area contributed by atoms with E-state index in [0.717, 1.165) is 55.2 Å². The number of carbonyl (C=O) groups excluding carboxylic acids is 1. The summed E-state index contributed by atoms with van der Waals surface area (Å²) in [5.74, 6) is 2.27. The van der Waals surface area contributed by atoms with Gasteiger partial charge in [-0.15, -0.1) is 0 Å². The predicted octanol–water partition coefficient (Wildman–Crippen LogP) is 3.58. The molecule has 1 amide bonds. The number of rotatable bonds is 6. The normalized spacial score (nSPS) is 18.0. The first-order chi connectivity index (χ1) is 14.5. The third-order valence-electron chi connectivity index (χ3n) is 6.23. The highest BCUT2D eigenvalue weighted by Gasteiger charge is 2.25. The molecule has 0 bridgehead atoms. The van der Waals surface area contributed by atoms with E-state index in [1.165, 1.54) is 12.8 Å². The Bertz CT molecular complexity index is 861. The highest BCUT2D eigenvalue weighted by atomic mass is 16.5. The summed E-state index contributed by atoms with van der Waals surface area (Å²) in [7, 11) is 1.62. The molecular formula is C23H31N3O4. The van der Waals surface area contributed by atoms with E-state index >= 15 is 0 Å². The van der Waals surface area contributed by atoms with Crippen LogP contribution >= 0.6 is 0 Å². The molecule has 0 N–H and O–H groups in total. The highest BCUT2D eigenvalue weighted by Crippen LogP contribution is 2.32. The van der Waals surface area contributed by atoms with Crippen molar-refractivity contribution < 1.29 is 18.8 Å². The molecule has 0 atom stereocenters. The summed E-state index contributed by atoms with van der Waals surface area (Å²) >= 11 is 0. The van der Waals surface area contributed by atoms with E-state index in [1.54, 1.807) is 7.11 Å². The summed E-state index contributed by atoms with van der Waals surface area (Å²) in [5.41, 5.74) is 2.74. The van der Waals surface area contributed by atoms with Crippen LogP contribution in [0.5, 0.6) is 11.5 Å². The van der Waals surface area contributed by atoms with Crippen LogP contribution in [-0.4, -0.2) is 60.3 Å². The van der Waals surface area contributed by atoms with Crippen LogP contribution in [0.4, 0.5) is 0 Å². The molecule has 4 rings (SSSR count). The monoisotopic (exact) mass is 413 g/mol. The van der Waals surface area contributed by atoms with Crippen molar-refractivity contribution in [3.63, 3.8) is 0 Å². The van der Waals surface area contributed by atoms with Gasteiger partial charge in [-0.05, 0) is 57.7 Å². The molecule has 7 nitrogen and oxygen atoms in total. The number of benzene rings is 1. The van der Waals surface area contributed by atoms with Gasteiger partial charge in [0.15, 0.2) is 11.5 Å². The predicted molar refractivity (Wildman–Crippen MR) is 113 cm³/mol. The van der Waals surface area contributed by atoms with Crippen LogP contribution in [0, 0.1) is 13.8 Å². The van der Waals surface area contributed by atoms with E-state index < -0.39 is 0 Å². The molecule has 2 fully saturated rings. The topological polar surface area (TPSA) is 68.0 Å². The van der Waals surface area contributed by atoms with E-state index in [1.807, 2.05) is 36.9 Å². The lowest BCUT2D eigenvalue weighted by atomic mass is 10.1. The van der Waals surface area contributed by atoms with Crippen LogP contribution in [0.25, 0.3) is 0 Å². The third kappa shape index (κ3) is 4.46. The molecule has 1 saturated heterocycles. The van der Waals surface area contributed by atoms with Crippen molar-refractivity contribution in [1.82, 2.24) is 15.0 Å². The van der Waals surface area contributed by atoms with Crippen molar-refractivity contribution >= 4 is 5.91 Å². The van der Waals surface area contributed by atoms with Crippen molar-refractivity contribution in [3.05, 3.63) is 40.8 Å². The third-order valence-corrected chi connectivity index (χ3v) is 6.23. The largest absolute Gasteiger partial charge is 0.493 e. The van der Waals surface area contributed by atoms with Crippen LogP contribution < -0.4 is 9.47 Å². The van der Waals surface area contributed by atoms with Crippen LogP contribution in [0.3, 0.4) is 0 Å². The van der Waals surface area contributed by atoms with Crippen molar-refractivity contribution in [2.75, 3.05) is 33.3 Å². The van der Waals surface area contributed by atoms with Crippen molar-refractivity contribution in [2.24, 2.45) is 0 Å². The minimum atomic E-state index is 0.0395. The number of aryl methyl sites for hydroxylation is 2. The molecule has 1 aromatic heterocycles. The van der Waals surface area contributed by atoms with E-state index in [-0.39, 0.29) is 12.0 Å². The van der Waals surface area contributed by atoms with E-state index in [0.29, 0.717) is 24.4 Å². The molecular weight excluding hydrogens is 382 g/mol. The Labute approximate surface area is 177 Å². The van der Waals surface area contributed by atoms with Crippen molar-refractivity contribution in [1.29, 1.82) is 0 Å². The fourth-order valence-corrected chi connectivity index (χ4v) is 4.33. The SMILES string of the molecule is COc1cc(C(=O)N2CCN(Cc3c(C)noc3C)CC2)ccc1OC1CCCC1. The maximum atomic E-state index is 13.0. The van der Waals surface area contributed by atoms with E-state index in [2.05, 4.69) is 10.1 Å². The molecule has 1 saturated carbocycles. The lowest BCUT2D eigenvalue weighted by Crippen LogP contribution is -2.48. The van der Waals surface area contributed by atoms with Crippen LogP contribution in [0.1, 0.15) is 53.1 Å². The molecule has 162 valence electrons. The maximum absolute atomic E-state index is 13.0. The van der Waals surface area contributed by atoms with Gasteiger partial charge >= 0.3 is 0 Å². The number of ether oxygens (including phenoxy) is 2. The highest BCUT2D eigenvalue weighted by molar-refractivity contribution is 5.95. The lowest BCUT2D eigenvalue weighted by Gasteiger charge is -2.34. The Morgan fingerprint density at radius 2 is 1.87 bits per heavy atom. The van der Waals surface area contributed by atoms with E-state index in [9.17, 15) is 4.79 Å². The summed E-state index contributed by atoms with van der Waals surface area (Å²) in [6.45, 7) is 7.78. The van der Waals surface area contributed by atoms with Gasteiger partial charge < -0.3 is 18.9 Å². The van der Waals surface area contributed by atoms with Gasteiger partial charge in [0, 0.05) is 43.9 Å². The first-order valence-electron chi connectivity index (χ1n) is 10.8. The van der Waals surface area contributed by atoms with Gasteiger partial charge in [0.05, 0.1) is 18.9 Å². The summed E-state index contributed by atoms with van der Waals surface area (Å²) in [5, 5.41) is 4.03. The number of hydrogen-bond donors (Lipinski definition) is 0. The fraction of sp³-hybridized carbons (Fsp3) is 0.565. The molecule has 7 heteroatoms. The van der Waals surface area contributed by atoms with Gasteiger partial charge in [0.1, 0.15) is 5.76 Å². The summed E-state index contributed by atoms with van der Waals surface area (Å²) in [6.07, 6.45) is 4.85. The molecule has 1 aromatic carbocycles. The zero-order valence-electron chi connectivity index (χ0n) is 18.1. The average Bonchev–Trinajstić information content (AvgIpc) is 3.39. The van der Waals surface area contributed by atoms with Crippen LogP contribution in [0.2, 0.25) is 0 Å². The van der Waals surface area contributed by atoms with Gasteiger partial charge in [0.2, 0.25) is 0 Å². The van der Waals surface area contributed by atoms with Crippen molar-refractivity contribution in [3.8, 4) is 11.5 Å². The Kier molecular flexibility index (Phi) is 6.27. The first kappa shape index (κ1) is 20.7. The molecule has 0 spiro atoms. The molecule has 2 aromatic rings. The average molecular weight is 414 g/mol. The zero-order chi connectivity index (χ0) is 21.1. The number of hydrogen-bond acceptors (Lipinski definition) is 6. The second-order valence-corrected chi connectivity index (χ2v) is 8.26. The molecule has 0 radical (unpaired) electrons. The number of piperazine rings is 1. The standard InChI is InChI=1S/C23H31N3O4/c1-16-20(17(2)30-24-16)15-25-10-12-26(13-11-25)23(27)18-8-9-21(22(14-18)28-3)29-19-6-4-5-7-19/h8-9,14,19H,4-7,10-13,15H2,1-3H3. The molecule has 30 heavy (non-hydrogen) atoms. The number of nitrogens with zero attached hydrogens (tertiary/aromatic N) is 3. The second kappa shape index (κ2) is 9.08. The maximum Gasteiger partial charge on any atom is 0.254 e. The number of carbonyl (C=O) groups is 1. The van der Waals surface area contributed by atoms with Gasteiger partial charge in [-0.1, -0.05) is 5.16 Å². The molecule has 0 unspecified atom stereocenters. The molecule has 2 aliphatic rings. The molecule has 1 aliphatic carbocycles. The Morgan fingerprint density at radius 1 is 1.13 bits per heavy atom. The van der Waals surface area contributed by atoms with Crippen molar-refractivity contribution in [2.45, 2.75) is 52.2 Å². The van der Waals surface area contributed by atoms with Gasteiger partial charge in [-0.3, -0.25) is 9.69 Å². The second-order valence-electron chi connectivity index (χ2n) is 8.26. The fourth-order valence-electron chi connectivity index (χ4n) is 4.33. The number of methoxy groups -OCH3 is 1. The van der Waals surface area contributed by atoms with Crippen LogP contribution in [0.15, 0.2) is 22.7 Å². The zero-order valence-corrected chi connectivity index (χ0v) is 18.1. The molecule has 1 aliphatic heterocycles. The number of aromatic nitrogens is 1. The Morgan fingerprint density at radius 3 is 2.50 bits per heavy atom. The summed E-state index contributed by atoms with van der Waals surface area (Å²) in [4.78, 5) is 17.3. The van der Waals surface area contributed by atoms with E-state index in [4.69, 9.17) is 14.0 Å². The quantitative estimate of drug-likeness (QED) is 0.721. The minimum Gasteiger partial charge on any atom is -0.493 e. The first-order valence-corrected chi connectivity index (χ1v) is 10.8. The minimum absolute atomic E-state index is 0.0395. The summed E-state index contributed by atoms with van der Waals surface area (Å²) < 4.78 is 16.9. The summed E-state index contributed by atoms with van der Waals surface area (Å²) in [6, 6.07) is 5.53. The molecule has 2 heterocycles. The smallest absolute Gasteiger partial charge is 0.254 e. The van der Waals surface area contributed by atoms with Crippen LogP contribution in [-0.2, 0) is 6.54 Å². The van der Waals surface area contributed by atoms with Gasteiger partial charge in [-0.25, -0.2) is 0 Å². The Balaban J connectivity index is 1.36. The lowest BCUT2D eigenvalue weighted by molar-refractivity contribution is 0.0627. The van der Waals surface area contributed by atoms with Gasteiger partial charge in [-0.2, -0.15) is 0 Å². The Hall–Kier alpha value is -2.54.